The van der Waals surface area contributed by atoms with Gasteiger partial charge in [-0.05, 0) is 30.7 Å². The number of ether oxygens (including phenoxy) is 2. The van der Waals surface area contributed by atoms with Crippen molar-refractivity contribution in [2.24, 2.45) is 0 Å². The molecule has 0 spiro atoms. The number of nitrogens with zero attached hydrogens (tertiary/aromatic N) is 1. The van der Waals surface area contributed by atoms with Crippen LogP contribution in [0.5, 0.6) is 11.5 Å². The number of thiazole rings is 1. The van der Waals surface area contributed by atoms with E-state index in [9.17, 15) is 13.2 Å². The van der Waals surface area contributed by atoms with Crippen LogP contribution in [0.4, 0.5) is 13.2 Å². The molecule has 0 radical (unpaired) electrons. The maximum Gasteiger partial charge on any atom is 0.573 e. The lowest BCUT2D eigenvalue weighted by molar-refractivity contribution is -0.274. The number of halogens is 3. The van der Waals surface area contributed by atoms with Crippen LogP contribution in [-0.2, 0) is 19.7 Å². The van der Waals surface area contributed by atoms with Gasteiger partial charge < -0.3 is 14.8 Å². The largest absolute Gasteiger partial charge is 0.573 e. The van der Waals surface area contributed by atoms with Crippen LogP contribution in [0.2, 0.25) is 0 Å². The minimum atomic E-state index is -4.71. The van der Waals surface area contributed by atoms with Gasteiger partial charge in [-0.1, -0.05) is 30.3 Å². The van der Waals surface area contributed by atoms with Gasteiger partial charge in [-0.3, -0.25) is 0 Å². The van der Waals surface area contributed by atoms with Crippen molar-refractivity contribution in [2.75, 3.05) is 0 Å². The Hall–Kier alpha value is -2.58. The lowest BCUT2D eigenvalue weighted by Gasteiger charge is -2.13. The summed E-state index contributed by atoms with van der Waals surface area (Å²) in [6, 6.07) is 13.6. The summed E-state index contributed by atoms with van der Waals surface area (Å²) in [6.45, 7) is 3.13. The molecule has 3 aromatic rings. The zero-order chi connectivity index (χ0) is 20.0. The second kappa shape index (κ2) is 9.07. The first-order valence-electron chi connectivity index (χ1n) is 8.56. The highest BCUT2D eigenvalue weighted by atomic mass is 32.1. The van der Waals surface area contributed by atoms with Crippen LogP contribution in [0.15, 0.2) is 53.9 Å². The molecule has 1 aromatic heterocycles. The second-order valence-electron chi connectivity index (χ2n) is 6.05. The molecule has 0 atom stereocenters. The van der Waals surface area contributed by atoms with Gasteiger partial charge in [0.15, 0.2) is 0 Å². The fourth-order valence-electron chi connectivity index (χ4n) is 2.55. The van der Waals surface area contributed by atoms with Crippen molar-refractivity contribution in [3.8, 4) is 11.5 Å². The molecule has 0 unspecified atom stereocenters. The van der Waals surface area contributed by atoms with E-state index in [1.807, 2.05) is 36.6 Å². The number of hydrogen-bond donors (Lipinski definition) is 1. The highest BCUT2D eigenvalue weighted by Gasteiger charge is 2.31. The molecule has 148 valence electrons. The maximum absolute atomic E-state index is 12.5. The summed E-state index contributed by atoms with van der Waals surface area (Å²) in [4.78, 5) is 4.34. The van der Waals surface area contributed by atoms with Crippen LogP contribution < -0.4 is 14.8 Å². The molecule has 0 fully saturated rings. The first-order valence-corrected chi connectivity index (χ1v) is 9.44. The normalized spacial score (nSPS) is 11.4. The van der Waals surface area contributed by atoms with E-state index in [-0.39, 0.29) is 12.3 Å². The van der Waals surface area contributed by atoms with Crippen LogP contribution in [0.3, 0.4) is 0 Å². The molecule has 0 aliphatic rings. The van der Waals surface area contributed by atoms with Crippen molar-refractivity contribution in [2.45, 2.75) is 33.0 Å². The lowest BCUT2D eigenvalue weighted by atomic mass is 10.2. The zero-order valence-corrected chi connectivity index (χ0v) is 15.9. The third-order valence-corrected chi connectivity index (χ3v) is 4.64. The summed E-state index contributed by atoms with van der Waals surface area (Å²) in [6.07, 6.45) is -4.71. The Bertz CT molecular complexity index is 895. The smallest absolute Gasteiger partial charge is 0.487 e. The molecule has 2 aromatic carbocycles. The molecular formula is C20H19F3N2O2S. The first kappa shape index (κ1) is 20.2. The van der Waals surface area contributed by atoms with E-state index >= 15 is 0 Å². The Kier molecular flexibility index (Phi) is 6.53. The highest BCUT2D eigenvalue weighted by Crippen LogP contribution is 2.26. The molecule has 3 rings (SSSR count). The predicted molar refractivity (Wildman–Crippen MR) is 101 cm³/mol. The van der Waals surface area contributed by atoms with Gasteiger partial charge in [-0.2, -0.15) is 0 Å². The minimum absolute atomic E-state index is 0.191. The number of aromatic nitrogens is 1. The summed E-state index contributed by atoms with van der Waals surface area (Å²) in [5.74, 6) is 0.543. The van der Waals surface area contributed by atoms with Crippen LogP contribution >= 0.6 is 11.3 Å². The van der Waals surface area contributed by atoms with Gasteiger partial charge in [0.2, 0.25) is 0 Å². The fourth-order valence-corrected chi connectivity index (χ4v) is 3.15. The van der Waals surface area contributed by atoms with Crippen molar-refractivity contribution in [1.82, 2.24) is 10.3 Å². The summed E-state index contributed by atoms with van der Waals surface area (Å²) in [7, 11) is 0. The van der Waals surface area contributed by atoms with E-state index in [0.29, 0.717) is 18.7 Å². The second-order valence-corrected chi connectivity index (χ2v) is 7.11. The monoisotopic (exact) mass is 408 g/mol. The molecule has 28 heavy (non-hydrogen) atoms. The number of para-hydroxylation sites is 1. The Morgan fingerprint density at radius 2 is 1.79 bits per heavy atom. The van der Waals surface area contributed by atoms with Crippen LogP contribution in [0.1, 0.15) is 21.8 Å². The maximum atomic E-state index is 12.5. The minimum Gasteiger partial charge on any atom is -0.487 e. The Morgan fingerprint density at radius 1 is 1.04 bits per heavy atom. The van der Waals surface area contributed by atoms with Gasteiger partial charge in [0, 0.05) is 24.0 Å². The van der Waals surface area contributed by atoms with Gasteiger partial charge in [-0.25, -0.2) is 4.98 Å². The summed E-state index contributed by atoms with van der Waals surface area (Å²) in [5.41, 5.74) is 2.33. The van der Waals surface area contributed by atoms with Crippen LogP contribution in [0, 0.1) is 6.92 Å². The van der Waals surface area contributed by atoms with Crippen LogP contribution in [-0.4, -0.2) is 11.3 Å². The summed E-state index contributed by atoms with van der Waals surface area (Å²) in [5, 5.41) is 6.10. The highest BCUT2D eigenvalue weighted by molar-refractivity contribution is 7.09. The number of nitrogens with one attached hydrogen (secondary N) is 1. The fraction of sp³-hybridized carbons (Fsp3) is 0.250. The van der Waals surface area contributed by atoms with Crippen molar-refractivity contribution in [1.29, 1.82) is 0 Å². The molecule has 4 nitrogen and oxygen atoms in total. The standard InChI is InChI=1S/C20H19F3N2O2S/c1-14-25-17(13-28-14)12-26-18-8-6-15(7-9-18)10-24-11-16-4-2-3-5-19(16)27-20(21,22)23/h2-9,13,24H,10-12H2,1H3. The lowest BCUT2D eigenvalue weighted by Crippen LogP contribution is -2.20. The van der Waals surface area contributed by atoms with Crippen molar-refractivity contribution in [3.05, 3.63) is 75.7 Å². The van der Waals surface area contributed by atoms with Gasteiger partial charge in [0.05, 0.1) is 10.7 Å². The molecular weight excluding hydrogens is 389 g/mol. The van der Waals surface area contributed by atoms with Gasteiger partial charge >= 0.3 is 6.36 Å². The van der Waals surface area contributed by atoms with Crippen molar-refractivity contribution in [3.63, 3.8) is 0 Å². The average Bonchev–Trinajstić information content (AvgIpc) is 3.07. The van der Waals surface area contributed by atoms with E-state index in [2.05, 4.69) is 15.0 Å². The Labute approximate surface area is 165 Å². The summed E-state index contributed by atoms with van der Waals surface area (Å²) >= 11 is 1.58. The van der Waals surface area contributed by atoms with E-state index in [0.717, 1.165) is 22.0 Å². The Balaban J connectivity index is 1.49. The molecule has 0 amide bonds. The number of hydrogen-bond acceptors (Lipinski definition) is 5. The molecule has 0 saturated heterocycles. The zero-order valence-electron chi connectivity index (χ0n) is 15.1. The number of benzene rings is 2. The molecule has 0 aliphatic heterocycles. The number of alkyl halides is 3. The van der Waals surface area contributed by atoms with E-state index in [4.69, 9.17) is 4.74 Å². The third-order valence-electron chi connectivity index (χ3n) is 3.82. The van der Waals surface area contributed by atoms with Crippen molar-refractivity contribution >= 4 is 11.3 Å². The molecule has 1 heterocycles. The third kappa shape index (κ3) is 6.24. The average molecular weight is 408 g/mol. The van der Waals surface area contributed by atoms with E-state index in [1.165, 1.54) is 12.1 Å². The van der Waals surface area contributed by atoms with Gasteiger partial charge in [0.25, 0.3) is 0 Å². The van der Waals surface area contributed by atoms with Gasteiger partial charge in [-0.15, -0.1) is 24.5 Å². The van der Waals surface area contributed by atoms with Crippen LogP contribution in [0.25, 0.3) is 0 Å². The van der Waals surface area contributed by atoms with E-state index < -0.39 is 6.36 Å². The van der Waals surface area contributed by atoms with Crippen molar-refractivity contribution < 1.29 is 22.6 Å². The molecule has 0 bridgehead atoms. The predicted octanol–water partition coefficient (Wildman–Crippen LogP) is 5.22. The molecule has 1 N–H and O–H groups in total. The summed E-state index contributed by atoms with van der Waals surface area (Å²) < 4.78 is 47.1. The molecule has 0 aliphatic carbocycles. The Morgan fingerprint density at radius 3 is 2.46 bits per heavy atom. The number of rotatable bonds is 8. The quantitative estimate of drug-likeness (QED) is 0.555. The van der Waals surface area contributed by atoms with Gasteiger partial charge in [0.1, 0.15) is 18.1 Å². The first-order chi connectivity index (χ1) is 13.4. The van der Waals surface area contributed by atoms with E-state index in [1.54, 1.807) is 23.5 Å². The SMILES string of the molecule is Cc1nc(COc2ccc(CNCc3ccccc3OC(F)(F)F)cc2)cs1. The molecule has 0 saturated carbocycles. The number of aryl methyl sites for hydroxylation is 1. The molecule has 8 heteroatoms. The topological polar surface area (TPSA) is 43.4 Å².